The molecule has 0 aromatic carbocycles. The Kier molecular flexibility index (Phi) is 9.00. The first-order valence-corrected chi connectivity index (χ1v) is 6.33. The molecular weight excluding hydrogens is 284 g/mol. The van der Waals surface area contributed by atoms with Gasteiger partial charge in [-0.05, 0) is 19.3 Å². The molecule has 4 nitrogen and oxygen atoms in total. The first-order chi connectivity index (χ1) is 7.43. The molecule has 0 aliphatic heterocycles. The van der Waals surface area contributed by atoms with Gasteiger partial charge in [0.1, 0.15) is 14.7 Å². The molecule has 0 aromatic rings. The van der Waals surface area contributed by atoms with Crippen LogP contribution in [-0.2, 0) is 4.79 Å². The van der Waals surface area contributed by atoms with Crippen molar-refractivity contribution in [2.75, 3.05) is 6.54 Å². The van der Waals surface area contributed by atoms with Crippen molar-refractivity contribution in [2.24, 2.45) is 0 Å². The van der Waals surface area contributed by atoms with Crippen molar-refractivity contribution in [1.82, 2.24) is 10.6 Å². The van der Waals surface area contributed by atoms with Gasteiger partial charge in [-0.1, -0.05) is 24.4 Å². The number of hydrogen-bond donors (Lipinski definition) is 5. The van der Waals surface area contributed by atoms with Crippen molar-refractivity contribution in [3.63, 3.8) is 0 Å². The number of hydrogen-bond acceptors (Lipinski definition) is 3. The Labute approximate surface area is 116 Å². The minimum Gasteiger partial charge on any atom is -0.480 e. The summed E-state index contributed by atoms with van der Waals surface area (Å²) in [6, 6.07) is -0.673. The summed E-state index contributed by atoms with van der Waals surface area (Å²) < 4.78 is 0.645. The third-order valence-corrected chi connectivity index (χ3v) is 2.34. The number of thiocarbonyl (C=S) groups is 2. The number of rotatable bonds is 7. The molecule has 16 heavy (non-hydrogen) atoms. The molecule has 0 radical (unpaired) electrons. The van der Waals surface area contributed by atoms with Crippen LogP contribution in [0.25, 0.3) is 0 Å². The Morgan fingerprint density at radius 2 is 1.88 bits per heavy atom. The van der Waals surface area contributed by atoms with Gasteiger partial charge in [0.15, 0.2) is 0 Å². The lowest BCUT2D eigenvalue weighted by atomic mass is 10.1. The fourth-order valence-electron chi connectivity index (χ4n) is 1.08. The summed E-state index contributed by atoms with van der Waals surface area (Å²) in [5, 5.41) is 14.4. The molecule has 0 rings (SSSR count). The lowest BCUT2D eigenvalue weighted by molar-refractivity contribution is -0.139. The molecule has 8 heteroatoms. The summed E-state index contributed by atoms with van der Waals surface area (Å²) in [5.74, 6) is -0.922. The molecule has 0 aromatic heterocycles. The molecule has 0 unspecified atom stereocenters. The maximum atomic E-state index is 10.8. The van der Waals surface area contributed by atoms with E-state index in [0.29, 0.717) is 17.3 Å². The van der Waals surface area contributed by atoms with Gasteiger partial charge in [0.05, 0.1) is 0 Å². The summed E-state index contributed by atoms with van der Waals surface area (Å²) in [4.78, 5) is 10.8. The Morgan fingerprint density at radius 1 is 1.25 bits per heavy atom. The van der Waals surface area contributed by atoms with Crippen LogP contribution in [0.15, 0.2) is 0 Å². The summed E-state index contributed by atoms with van der Waals surface area (Å²) >= 11 is 17.1. The topological polar surface area (TPSA) is 61.4 Å². The smallest absolute Gasteiger partial charge is 0.326 e. The van der Waals surface area contributed by atoms with Crippen LogP contribution in [0.3, 0.4) is 0 Å². The monoisotopic (exact) mass is 298 g/mol. The molecule has 92 valence electrons. The van der Waals surface area contributed by atoms with E-state index in [0.717, 1.165) is 12.8 Å². The van der Waals surface area contributed by atoms with Crippen molar-refractivity contribution < 1.29 is 9.90 Å². The van der Waals surface area contributed by atoms with Gasteiger partial charge in [0.2, 0.25) is 0 Å². The Morgan fingerprint density at radius 3 is 2.31 bits per heavy atom. The molecule has 0 saturated heterocycles. The Balaban J connectivity index is 3.72. The molecule has 0 heterocycles. The minimum absolute atomic E-state index is 0.196. The van der Waals surface area contributed by atoms with Crippen LogP contribution in [0.1, 0.15) is 19.3 Å². The highest BCUT2D eigenvalue weighted by atomic mass is 32.1. The average molecular weight is 298 g/mol. The van der Waals surface area contributed by atoms with Crippen LogP contribution in [-0.4, -0.2) is 32.3 Å². The van der Waals surface area contributed by atoms with Gasteiger partial charge in [-0.15, -0.1) is 25.3 Å². The van der Waals surface area contributed by atoms with Crippen molar-refractivity contribution in [3.05, 3.63) is 0 Å². The lowest BCUT2D eigenvalue weighted by Crippen LogP contribution is -2.38. The van der Waals surface area contributed by atoms with Crippen LogP contribution < -0.4 is 10.6 Å². The summed E-state index contributed by atoms with van der Waals surface area (Å²) in [6.07, 6.45) is 2.08. The second kappa shape index (κ2) is 9.03. The van der Waals surface area contributed by atoms with Crippen molar-refractivity contribution in [3.8, 4) is 0 Å². The summed E-state index contributed by atoms with van der Waals surface area (Å²) in [6.45, 7) is 0.694. The SMILES string of the molecule is O=C(O)[C@H](CCCCNC(=S)S)NC(=S)S. The van der Waals surface area contributed by atoms with Crippen LogP contribution >= 0.6 is 49.7 Å². The standard InChI is InChI=1S/C8H14N2O2S4/c11-6(12)5(10-8(15)16)3-1-2-4-9-7(13)14/h5H,1-4H2,(H,11,12)(H2,9,13,14)(H2,10,15,16)/t5-/m0/s1. The molecule has 0 spiro atoms. The summed E-state index contributed by atoms with van der Waals surface area (Å²) in [5.41, 5.74) is 0. The molecule has 0 bridgehead atoms. The number of carboxylic acids is 1. The fourth-order valence-corrected chi connectivity index (χ4v) is 1.59. The number of thiol groups is 2. The van der Waals surface area contributed by atoms with E-state index in [9.17, 15) is 4.79 Å². The van der Waals surface area contributed by atoms with E-state index < -0.39 is 12.0 Å². The zero-order chi connectivity index (χ0) is 12.6. The number of nitrogens with one attached hydrogen (secondary N) is 2. The largest absolute Gasteiger partial charge is 0.480 e. The van der Waals surface area contributed by atoms with Gasteiger partial charge in [-0.2, -0.15) is 0 Å². The number of carboxylic acid groups (broad SMARTS) is 1. The minimum atomic E-state index is -0.922. The Hall–Kier alpha value is -0.0500. The number of aliphatic carboxylic acids is 1. The van der Waals surface area contributed by atoms with Crippen molar-refractivity contribution in [2.45, 2.75) is 25.3 Å². The van der Waals surface area contributed by atoms with Gasteiger partial charge >= 0.3 is 5.97 Å². The maximum Gasteiger partial charge on any atom is 0.326 e. The molecule has 0 amide bonds. The quantitative estimate of drug-likeness (QED) is 0.277. The predicted octanol–water partition coefficient (Wildman–Crippen LogP) is 1.22. The van der Waals surface area contributed by atoms with Gasteiger partial charge in [0, 0.05) is 6.54 Å². The Bertz CT molecular complexity index is 273. The highest BCUT2D eigenvalue weighted by molar-refractivity contribution is 8.11. The second-order valence-corrected chi connectivity index (χ2v) is 5.38. The number of unbranched alkanes of at least 4 members (excludes halogenated alkanes) is 1. The zero-order valence-electron chi connectivity index (χ0n) is 8.47. The highest BCUT2D eigenvalue weighted by Gasteiger charge is 2.16. The molecule has 1 atom stereocenters. The fraction of sp³-hybridized carbons (Fsp3) is 0.625. The van der Waals surface area contributed by atoms with Crippen molar-refractivity contribution in [1.29, 1.82) is 0 Å². The maximum absolute atomic E-state index is 10.8. The van der Waals surface area contributed by atoms with E-state index >= 15 is 0 Å². The van der Waals surface area contributed by atoms with E-state index in [1.807, 2.05) is 0 Å². The molecule has 0 aliphatic rings. The number of carbonyl (C=O) groups is 1. The van der Waals surface area contributed by atoms with E-state index in [1.54, 1.807) is 0 Å². The van der Waals surface area contributed by atoms with Gasteiger partial charge in [-0.3, -0.25) is 0 Å². The third kappa shape index (κ3) is 9.20. The second-order valence-electron chi connectivity index (χ2n) is 3.07. The zero-order valence-corrected chi connectivity index (χ0v) is 11.9. The van der Waals surface area contributed by atoms with Crippen LogP contribution in [0.4, 0.5) is 0 Å². The van der Waals surface area contributed by atoms with Gasteiger partial charge in [0.25, 0.3) is 0 Å². The van der Waals surface area contributed by atoms with E-state index in [2.05, 4.69) is 48.1 Å². The highest BCUT2D eigenvalue weighted by Crippen LogP contribution is 2.02. The first-order valence-electron chi connectivity index (χ1n) is 4.62. The molecular formula is C8H14N2O2S4. The van der Waals surface area contributed by atoms with Crippen molar-refractivity contribution >= 4 is 64.3 Å². The van der Waals surface area contributed by atoms with Crippen LogP contribution in [0.2, 0.25) is 0 Å². The average Bonchev–Trinajstić information content (AvgIpc) is 2.14. The molecule has 3 N–H and O–H groups in total. The lowest BCUT2D eigenvalue weighted by Gasteiger charge is -2.13. The van der Waals surface area contributed by atoms with Crippen LogP contribution in [0.5, 0.6) is 0 Å². The van der Waals surface area contributed by atoms with E-state index in [1.165, 1.54) is 0 Å². The summed E-state index contributed by atoms with van der Waals surface area (Å²) in [7, 11) is 0. The third-order valence-electron chi connectivity index (χ3n) is 1.79. The van der Waals surface area contributed by atoms with Gasteiger partial charge in [-0.25, -0.2) is 4.79 Å². The normalized spacial score (nSPS) is 11.6. The van der Waals surface area contributed by atoms with E-state index in [-0.39, 0.29) is 4.32 Å². The predicted molar refractivity (Wildman–Crippen MR) is 79.6 cm³/mol. The molecule has 0 fully saturated rings. The first kappa shape index (κ1) is 16.0. The van der Waals surface area contributed by atoms with E-state index in [4.69, 9.17) is 17.3 Å². The van der Waals surface area contributed by atoms with Gasteiger partial charge < -0.3 is 15.7 Å². The molecule has 0 aliphatic carbocycles. The van der Waals surface area contributed by atoms with Crippen LogP contribution in [0, 0.1) is 0 Å². The molecule has 0 saturated carbocycles.